The minimum absolute atomic E-state index is 0.947. The van der Waals surface area contributed by atoms with Crippen molar-refractivity contribution in [2.75, 3.05) is 0 Å². The summed E-state index contributed by atoms with van der Waals surface area (Å²) in [6.07, 6.45) is 11.5. The molecule has 0 amide bonds. The van der Waals surface area contributed by atoms with Crippen LogP contribution in [0.4, 0.5) is 0 Å². The molecule has 0 aliphatic heterocycles. The molecule has 1 aromatic heterocycles. The van der Waals surface area contributed by atoms with Gasteiger partial charge in [-0.15, -0.1) is 0 Å². The van der Waals surface area contributed by atoms with E-state index < -0.39 is 0 Å². The molecular formula is C16H19N. The number of aromatic nitrogens is 1. The standard InChI is InChI=1S/C16H19N/c1-4-9-14(5-2)15(6-3)11-12-16-10-7-8-13-17-16/h4-10,13H,1-2,11-12H2,3H3/b14-9-,15-6-. The van der Waals surface area contributed by atoms with E-state index in [1.165, 1.54) is 5.57 Å². The molecule has 1 heteroatoms. The van der Waals surface area contributed by atoms with Crippen molar-refractivity contribution in [3.05, 3.63) is 78.7 Å². The zero-order valence-electron chi connectivity index (χ0n) is 10.4. The molecule has 0 saturated heterocycles. The lowest BCUT2D eigenvalue weighted by molar-refractivity contribution is 0.908. The first-order chi connectivity index (χ1) is 8.31. The minimum atomic E-state index is 0.947. The monoisotopic (exact) mass is 225 g/mol. The SMILES string of the molecule is C=C/C=C(C=C)\C(=C/C)CCc1ccccn1. The van der Waals surface area contributed by atoms with Crippen molar-refractivity contribution in [2.24, 2.45) is 0 Å². The Bertz CT molecular complexity index is 424. The van der Waals surface area contributed by atoms with Gasteiger partial charge in [-0.1, -0.05) is 43.5 Å². The summed E-state index contributed by atoms with van der Waals surface area (Å²) in [7, 11) is 0. The molecule has 1 nitrogen and oxygen atoms in total. The molecule has 17 heavy (non-hydrogen) atoms. The lowest BCUT2D eigenvalue weighted by Crippen LogP contribution is -1.93. The van der Waals surface area contributed by atoms with Crippen molar-refractivity contribution in [2.45, 2.75) is 19.8 Å². The lowest BCUT2D eigenvalue weighted by Gasteiger charge is -2.07. The van der Waals surface area contributed by atoms with E-state index in [1.807, 2.05) is 37.4 Å². The maximum atomic E-state index is 4.32. The number of allylic oxidation sites excluding steroid dienone is 6. The third kappa shape index (κ3) is 4.23. The summed E-state index contributed by atoms with van der Waals surface area (Å²) in [5.41, 5.74) is 3.54. The van der Waals surface area contributed by atoms with Crippen LogP contribution in [0.2, 0.25) is 0 Å². The van der Waals surface area contributed by atoms with Crippen LogP contribution in [0, 0.1) is 0 Å². The molecule has 0 fully saturated rings. The second-order valence-electron chi connectivity index (χ2n) is 3.70. The van der Waals surface area contributed by atoms with Crippen molar-refractivity contribution in [3.8, 4) is 0 Å². The van der Waals surface area contributed by atoms with Gasteiger partial charge in [-0.3, -0.25) is 4.98 Å². The molecule has 1 rings (SSSR count). The van der Waals surface area contributed by atoms with Gasteiger partial charge in [-0.05, 0) is 43.0 Å². The van der Waals surface area contributed by atoms with Crippen molar-refractivity contribution in [1.29, 1.82) is 0 Å². The maximum absolute atomic E-state index is 4.32. The molecule has 88 valence electrons. The zero-order chi connectivity index (χ0) is 12.5. The first-order valence-electron chi connectivity index (χ1n) is 5.82. The van der Waals surface area contributed by atoms with Crippen LogP contribution in [0.15, 0.2) is 73.0 Å². The summed E-state index contributed by atoms with van der Waals surface area (Å²) in [5.74, 6) is 0. The summed E-state index contributed by atoms with van der Waals surface area (Å²) >= 11 is 0. The average molecular weight is 225 g/mol. The van der Waals surface area contributed by atoms with E-state index in [4.69, 9.17) is 0 Å². The highest BCUT2D eigenvalue weighted by molar-refractivity contribution is 5.40. The van der Waals surface area contributed by atoms with E-state index in [1.54, 1.807) is 6.08 Å². The largest absolute Gasteiger partial charge is 0.261 e. The van der Waals surface area contributed by atoms with Gasteiger partial charge in [-0.25, -0.2) is 0 Å². The number of aryl methyl sites for hydroxylation is 1. The predicted octanol–water partition coefficient (Wildman–Crippen LogP) is 4.26. The normalized spacial score (nSPS) is 12.3. The second-order valence-corrected chi connectivity index (χ2v) is 3.70. The summed E-state index contributed by atoms with van der Waals surface area (Å²) in [6.45, 7) is 9.60. The minimum Gasteiger partial charge on any atom is -0.261 e. The van der Waals surface area contributed by atoms with Gasteiger partial charge in [0.2, 0.25) is 0 Å². The smallest absolute Gasteiger partial charge is 0.0406 e. The highest BCUT2D eigenvalue weighted by Gasteiger charge is 2.01. The Labute approximate surface area is 104 Å². The third-order valence-corrected chi connectivity index (χ3v) is 2.61. The molecule has 0 radical (unpaired) electrons. The van der Waals surface area contributed by atoms with E-state index >= 15 is 0 Å². The molecule has 0 N–H and O–H groups in total. The highest BCUT2D eigenvalue weighted by Crippen LogP contribution is 2.17. The fourth-order valence-corrected chi connectivity index (χ4v) is 1.70. The fraction of sp³-hybridized carbons (Fsp3) is 0.188. The van der Waals surface area contributed by atoms with Crippen molar-refractivity contribution < 1.29 is 0 Å². The Kier molecular flexibility index (Phi) is 5.73. The fourth-order valence-electron chi connectivity index (χ4n) is 1.70. The molecule has 0 bridgehead atoms. The van der Waals surface area contributed by atoms with E-state index in [0.717, 1.165) is 24.1 Å². The van der Waals surface area contributed by atoms with Crippen LogP contribution >= 0.6 is 0 Å². The van der Waals surface area contributed by atoms with Gasteiger partial charge in [0.1, 0.15) is 0 Å². The van der Waals surface area contributed by atoms with Crippen LogP contribution in [0.25, 0.3) is 0 Å². The molecule has 0 spiro atoms. The first-order valence-corrected chi connectivity index (χ1v) is 5.82. The number of rotatable bonds is 6. The lowest BCUT2D eigenvalue weighted by atomic mass is 9.99. The van der Waals surface area contributed by atoms with Crippen molar-refractivity contribution >= 4 is 0 Å². The Morgan fingerprint density at radius 3 is 2.71 bits per heavy atom. The molecule has 0 saturated carbocycles. The molecule has 1 aromatic rings. The zero-order valence-corrected chi connectivity index (χ0v) is 10.4. The number of hydrogen-bond donors (Lipinski definition) is 0. The van der Waals surface area contributed by atoms with Gasteiger partial charge in [0.15, 0.2) is 0 Å². The molecular weight excluding hydrogens is 206 g/mol. The summed E-state index contributed by atoms with van der Waals surface area (Å²) in [4.78, 5) is 4.32. The van der Waals surface area contributed by atoms with Crippen molar-refractivity contribution in [3.63, 3.8) is 0 Å². The van der Waals surface area contributed by atoms with Crippen LogP contribution in [0.1, 0.15) is 19.0 Å². The molecule has 0 unspecified atom stereocenters. The Hall–Kier alpha value is -1.89. The summed E-state index contributed by atoms with van der Waals surface area (Å²) in [6, 6.07) is 6.01. The Morgan fingerprint density at radius 2 is 2.18 bits per heavy atom. The first kappa shape index (κ1) is 13.2. The van der Waals surface area contributed by atoms with Gasteiger partial charge in [0.05, 0.1) is 0 Å². The Morgan fingerprint density at radius 1 is 1.35 bits per heavy atom. The summed E-state index contributed by atoms with van der Waals surface area (Å²) < 4.78 is 0. The topological polar surface area (TPSA) is 12.9 Å². The summed E-state index contributed by atoms with van der Waals surface area (Å²) in [5, 5.41) is 0. The number of hydrogen-bond acceptors (Lipinski definition) is 1. The van der Waals surface area contributed by atoms with Crippen LogP contribution in [0.3, 0.4) is 0 Å². The van der Waals surface area contributed by atoms with Gasteiger partial charge in [0.25, 0.3) is 0 Å². The quantitative estimate of drug-likeness (QED) is 0.659. The van der Waals surface area contributed by atoms with E-state index in [-0.39, 0.29) is 0 Å². The van der Waals surface area contributed by atoms with Crippen molar-refractivity contribution in [1.82, 2.24) is 4.98 Å². The third-order valence-electron chi connectivity index (χ3n) is 2.61. The molecule has 0 aliphatic rings. The predicted molar refractivity (Wildman–Crippen MR) is 74.8 cm³/mol. The van der Waals surface area contributed by atoms with Crippen LogP contribution in [-0.4, -0.2) is 4.98 Å². The van der Waals surface area contributed by atoms with E-state index in [2.05, 4.69) is 30.3 Å². The van der Waals surface area contributed by atoms with Gasteiger partial charge in [-0.2, -0.15) is 0 Å². The van der Waals surface area contributed by atoms with Crippen LogP contribution in [0.5, 0.6) is 0 Å². The van der Waals surface area contributed by atoms with Crippen LogP contribution < -0.4 is 0 Å². The highest BCUT2D eigenvalue weighted by atomic mass is 14.7. The Balaban J connectivity index is 2.69. The molecule has 0 aliphatic carbocycles. The number of pyridine rings is 1. The molecule has 0 aromatic carbocycles. The van der Waals surface area contributed by atoms with E-state index in [9.17, 15) is 0 Å². The van der Waals surface area contributed by atoms with E-state index in [0.29, 0.717) is 0 Å². The van der Waals surface area contributed by atoms with Gasteiger partial charge >= 0.3 is 0 Å². The van der Waals surface area contributed by atoms with Gasteiger partial charge < -0.3 is 0 Å². The average Bonchev–Trinajstić information content (AvgIpc) is 2.39. The van der Waals surface area contributed by atoms with Gasteiger partial charge in [0, 0.05) is 11.9 Å². The second kappa shape index (κ2) is 7.39. The molecule has 0 atom stereocenters. The molecule has 1 heterocycles. The van der Waals surface area contributed by atoms with Crippen LogP contribution in [-0.2, 0) is 6.42 Å². The number of nitrogens with zero attached hydrogens (tertiary/aromatic N) is 1. The maximum Gasteiger partial charge on any atom is 0.0406 e.